The number of carbonyl (C=O) groups excluding carboxylic acids is 1. The molecule has 0 aromatic heterocycles. The van der Waals surface area contributed by atoms with Crippen molar-refractivity contribution in [3.05, 3.63) is 17.7 Å². The lowest BCUT2D eigenvalue weighted by Crippen LogP contribution is -2.59. The number of rotatable bonds is 4. The zero-order valence-electron chi connectivity index (χ0n) is 12.6. The Morgan fingerprint density at radius 2 is 1.83 bits per heavy atom. The average molecular weight is 346 g/mol. The number of aliphatic hydroxyl groups excluding tert-OH is 4. The fourth-order valence-corrected chi connectivity index (χ4v) is 2.20. The molecule has 1 heterocycles. The quantitative estimate of drug-likeness (QED) is 0.267. The maximum Gasteiger partial charge on any atom is 0.340 e. The Labute approximate surface area is 136 Å². The minimum Gasteiger partial charge on any atom is -0.504 e. The number of carbonyl (C=O) groups is 1. The van der Waals surface area contributed by atoms with Crippen molar-refractivity contribution in [1.29, 1.82) is 0 Å². The van der Waals surface area contributed by atoms with Gasteiger partial charge in [-0.1, -0.05) is 0 Å². The standard InChI is InChI=1S/C14H18O10/c1-22-7-3-5(2-6(16)9(7)17)13(21)24-14-12(20)11(19)10(18)8(4-15)23-14/h2-3,8,10-12,14-20H,4H2,1H3/t8-,10-,11+,12-,14+/m1/s1. The summed E-state index contributed by atoms with van der Waals surface area (Å²) in [7, 11) is 1.21. The number of phenols is 2. The van der Waals surface area contributed by atoms with Crippen molar-refractivity contribution in [3.63, 3.8) is 0 Å². The highest BCUT2D eigenvalue weighted by Crippen LogP contribution is 2.36. The topological polar surface area (TPSA) is 166 Å². The van der Waals surface area contributed by atoms with Gasteiger partial charge in [-0.2, -0.15) is 0 Å². The first kappa shape index (κ1) is 18.2. The molecule has 1 saturated heterocycles. The third kappa shape index (κ3) is 3.37. The molecule has 0 bridgehead atoms. The van der Waals surface area contributed by atoms with Gasteiger partial charge in [-0.05, 0) is 12.1 Å². The van der Waals surface area contributed by atoms with Crippen LogP contribution in [0.3, 0.4) is 0 Å². The number of ether oxygens (including phenoxy) is 3. The van der Waals surface area contributed by atoms with E-state index >= 15 is 0 Å². The third-order valence-electron chi connectivity index (χ3n) is 3.58. The van der Waals surface area contributed by atoms with Gasteiger partial charge in [-0.3, -0.25) is 0 Å². The van der Waals surface area contributed by atoms with Crippen LogP contribution in [0.1, 0.15) is 10.4 Å². The second-order valence-corrected chi connectivity index (χ2v) is 5.15. The zero-order chi connectivity index (χ0) is 18.0. The van der Waals surface area contributed by atoms with E-state index in [1.165, 1.54) is 7.11 Å². The normalized spacial score (nSPS) is 30.0. The van der Waals surface area contributed by atoms with Crippen LogP contribution in [0.2, 0.25) is 0 Å². The van der Waals surface area contributed by atoms with E-state index in [0.717, 1.165) is 12.1 Å². The number of benzene rings is 1. The predicted molar refractivity (Wildman–Crippen MR) is 75.5 cm³/mol. The Hall–Kier alpha value is -2.11. The largest absolute Gasteiger partial charge is 0.504 e. The summed E-state index contributed by atoms with van der Waals surface area (Å²) in [5, 5.41) is 57.2. The van der Waals surface area contributed by atoms with Gasteiger partial charge in [0.05, 0.1) is 19.3 Å². The molecule has 5 atom stereocenters. The number of phenolic OH excluding ortho intramolecular Hbond substituents is 2. The molecule has 2 rings (SSSR count). The van der Waals surface area contributed by atoms with Gasteiger partial charge in [0.25, 0.3) is 0 Å². The van der Waals surface area contributed by atoms with Crippen LogP contribution in [0.15, 0.2) is 12.1 Å². The molecule has 1 aliphatic rings. The van der Waals surface area contributed by atoms with E-state index in [4.69, 9.17) is 19.3 Å². The lowest BCUT2D eigenvalue weighted by atomic mass is 9.99. The molecule has 0 saturated carbocycles. The molecule has 1 aliphatic heterocycles. The SMILES string of the molecule is COc1cc(C(=O)O[C@@H]2O[C@H](CO)[C@@H](O)[C@H](O)[C@H]2O)cc(O)c1O. The van der Waals surface area contributed by atoms with E-state index in [1.807, 2.05) is 0 Å². The van der Waals surface area contributed by atoms with E-state index in [2.05, 4.69) is 0 Å². The zero-order valence-corrected chi connectivity index (χ0v) is 12.6. The number of aromatic hydroxyl groups is 2. The second kappa shape index (κ2) is 7.20. The molecule has 1 aromatic rings. The summed E-state index contributed by atoms with van der Waals surface area (Å²) in [5.41, 5.74) is -0.223. The molecular formula is C14H18O10. The summed E-state index contributed by atoms with van der Waals surface area (Å²) in [5.74, 6) is -2.44. The minimum absolute atomic E-state index is 0.184. The van der Waals surface area contributed by atoms with Crippen molar-refractivity contribution >= 4 is 5.97 Å². The molecule has 1 aromatic carbocycles. The molecule has 0 aliphatic carbocycles. The number of methoxy groups -OCH3 is 1. The van der Waals surface area contributed by atoms with Crippen molar-refractivity contribution in [2.45, 2.75) is 30.7 Å². The van der Waals surface area contributed by atoms with Gasteiger partial charge >= 0.3 is 5.97 Å². The van der Waals surface area contributed by atoms with Gasteiger partial charge < -0.3 is 44.8 Å². The number of hydrogen-bond donors (Lipinski definition) is 6. The molecular weight excluding hydrogens is 328 g/mol. The number of esters is 1. The number of hydrogen-bond acceptors (Lipinski definition) is 10. The van der Waals surface area contributed by atoms with Gasteiger partial charge in [0.1, 0.15) is 24.4 Å². The fraction of sp³-hybridized carbons (Fsp3) is 0.500. The molecule has 24 heavy (non-hydrogen) atoms. The molecule has 6 N–H and O–H groups in total. The summed E-state index contributed by atoms with van der Waals surface area (Å²) in [6.07, 6.45) is -7.92. The molecule has 0 unspecified atom stereocenters. The highest BCUT2D eigenvalue weighted by molar-refractivity contribution is 5.91. The van der Waals surface area contributed by atoms with Crippen LogP contribution < -0.4 is 4.74 Å². The molecule has 10 heteroatoms. The van der Waals surface area contributed by atoms with Gasteiger partial charge in [0.2, 0.25) is 12.0 Å². The first-order valence-electron chi connectivity index (χ1n) is 6.91. The van der Waals surface area contributed by atoms with Gasteiger partial charge in [-0.15, -0.1) is 0 Å². The summed E-state index contributed by atoms with van der Waals surface area (Å²) in [6, 6.07) is 1.99. The van der Waals surface area contributed by atoms with Crippen LogP contribution in [0.25, 0.3) is 0 Å². The lowest BCUT2D eigenvalue weighted by Gasteiger charge is -2.39. The van der Waals surface area contributed by atoms with E-state index < -0.39 is 54.8 Å². The summed E-state index contributed by atoms with van der Waals surface area (Å²) >= 11 is 0. The van der Waals surface area contributed by atoms with Crippen molar-refractivity contribution in [1.82, 2.24) is 0 Å². The maximum atomic E-state index is 12.1. The van der Waals surface area contributed by atoms with E-state index in [0.29, 0.717) is 0 Å². The summed E-state index contributed by atoms with van der Waals surface area (Å²) in [6.45, 7) is -0.674. The van der Waals surface area contributed by atoms with Crippen molar-refractivity contribution < 1.29 is 49.6 Å². The van der Waals surface area contributed by atoms with Crippen molar-refractivity contribution in [2.75, 3.05) is 13.7 Å². The lowest BCUT2D eigenvalue weighted by molar-refractivity contribution is -0.285. The Bertz CT molecular complexity index is 601. The van der Waals surface area contributed by atoms with E-state index in [9.17, 15) is 30.3 Å². The molecule has 1 fully saturated rings. The van der Waals surface area contributed by atoms with Crippen LogP contribution in [-0.2, 0) is 9.47 Å². The smallest absolute Gasteiger partial charge is 0.340 e. The molecule has 0 spiro atoms. The molecule has 10 nitrogen and oxygen atoms in total. The number of aliphatic hydroxyl groups is 4. The first-order valence-corrected chi connectivity index (χ1v) is 6.91. The molecule has 134 valence electrons. The van der Waals surface area contributed by atoms with Crippen LogP contribution >= 0.6 is 0 Å². The highest BCUT2D eigenvalue weighted by atomic mass is 16.7. The summed E-state index contributed by atoms with van der Waals surface area (Å²) < 4.78 is 14.7. The van der Waals surface area contributed by atoms with E-state index in [1.54, 1.807) is 0 Å². The Morgan fingerprint density at radius 1 is 1.17 bits per heavy atom. The average Bonchev–Trinajstić information content (AvgIpc) is 2.57. The van der Waals surface area contributed by atoms with Crippen LogP contribution in [0, 0.1) is 0 Å². The molecule has 0 amide bonds. The second-order valence-electron chi connectivity index (χ2n) is 5.15. The van der Waals surface area contributed by atoms with Crippen LogP contribution in [0.5, 0.6) is 17.2 Å². The molecule has 0 radical (unpaired) electrons. The van der Waals surface area contributed by atoms with E-state index in [-0.39, 0.29) is 11.3 Å². The van der Waals surface area contributed by atoms with Gasteiger partial charge in [-0.25, -0.2) is 4.79 Å². The van der Waals surface area contributed by atoms with Crippen molar-refractivity contribution in [2.24, 2.45) is 0 Å². The minimum atomic E-state index is -1.75. The fourth-order valence-electron chi connectivity index (χ4n) is 2.20. The Balaban J connectivity index is 2.18. The van der Waals surface area contributed by atoms with Gasteiger partial charge in [0.15, 0.2) is 11.5 Å². The van der Waals surface area contributed by atoms with Crippen molar-refractivity contribution in [3.8, 4) is 17.2 Å². The van der Waals surface area contributed by atoms with Crippen LogP contribution in [0.4, 0.5) is 0 Å². The highest BCUT2D eigenvalue weighted by Gasteiger charge is 2.45. The Morgan fingerprint density at radius 3 is 2.42 bits per heavy atom. The van der Waals surface area contributed by atoms with Gasteiger partial charge in [0, 0.05) is 0 Å². The van der Waals surface area contributed by atoms with Crippen LogP contribution in [-0.4, -0.2) is 81.0 Å². The maximum absolute atomic E-state index is 12.1. The monoisotopic (exact) mass is 346 g/mol. The third-order valence-corrected chi connectivity index (χ3v) is 3.58. The predicted octanol–water partition coefficient (Wildman–Crippen LogP) is -1.94. The Kier molecular flexibility index (Phi) is 5.47. The first-order chi connectivity index (χ1) is 11.3. The summed E-state index contributed by atoms with van der Waals surface area (Å²) in [4.78, 5) is 12.1.